The lowest BCUT2D eigenvalue weighted by atomic mass is 9.96. The van der Waals surface area contributed by atoms with E-state index >= 15 is 0 Å². The van der Waals surface area contributed by atoms with Gasteiger partial charge in [0.1, 0.15) is 11.8 Å². The van der Waals surface area contributed by atoms with Crippen LogP contribution in [-0.4, -0.2) is 48.2 Å². The van der Waals surface area contributed by atoms with Gasteiger partial charge in [-0.3, -0.25) is 14.5 Å². The molecule has 2 aliphatic rings. The molecule has 1 saturated heterocycles. The van der Waals surface area contributed by atoms with E-state index in [9.17, 15) is 9.59 Å². The Morgan fingerprint density at radius 2 is 2.09 bits per heavy atom. The number of piperidine rings is 1. The lowest BCUT2D eigenvalue weighted by Crippen LogP contribution is -2.62. The van der Waals surface area contributed by atoms with Crippen LogP contribution in [0, 0.1) is 0 Å². The topological polar surface area (TPSA) is 67.9 Å². The highest BCUT2D eigenvalue weighted by atomic mass is 16.5. The summed E-state index contributed by atoms with van der Waals surface area (Å²) in [6.07, 6.45) is 1.27. The van der Waals surface area contributed by atoms with Crippen LogP contribution >= 0.6 is 0 Å². The summed E-state index contributed by atoms with van der Waals surface area (Å²) in [6, 6.07) is 6.99. The van der Waals surface area contributed by atoms with Gasteiger partial charge in [0.2, 0.25) is 0 Å². The van der Waals surface area contributed by atoms with E-state index in [0.29, 0.717) is 43.9 Å². The highest BCUT2D eigenvalue weighted by Gasteiger charge is 2.43. The van der Waals surface area contributed by atoms with Crippen molar-refractivity contribution in [3.63, 3.8) is 0 Å². The maximum atomic E-state index is 12.3. The lowest BCUT2D eigenvalue weighted by Gasteiger charge is -2.45. The summed E-state index contributed by atoms with van der Waals surface area (Å²) in [5.74, 6) is 0.323. The zero-order valence-corrected chi connectivity index (χ0v) is 13.5. The third kappa shape index (κ3) is 3.03. The third-order valence-corrected chi connectivity index (χ3v) is 4.56. The molecule has 1 N–H and O–H groups in total. The SMILES string of the molecule is CCOC(=O)[C@@H](C)N1CCC2(CC1)NC(=O)c1ccccc1O2. The smallest absolute Gasteiger partial charge is 0.323 e. The Labute approximate surface area is 135 Å². The van der Waals surface area contributed by atoms with Gasteiger partial charge in [0, 0.05) is 25.9 Å². The van der Waals surface area contributed by atoms with Crippen molar-refractivity contribution in [2.75, 3.05) is 19.7 Å². The molecule has 2 heterocycles. The van der Waals surface area contributed by atoms with Crippen LogP contribution in [0.15, 0.2) is 24.3 Å². The Kier molecular flexibility index (Phi) is 4.26. The molecule has 0 unspecified atom stereocenters. The fraction of sp³-hybridized carbons (Fsp3) is 0.529. The van der Waals surface area contributed by atoms with E-state index in [2.05, 4.69) is 10.2 Å². The Bertz CT molecular complexity index is 608. The second kappa shape index (κ2) is 6.20. The van der Waals surface area contributed by atoms with Crippen molar-refractivity contribution < 1.29 is 19.1 Å². The number of esters is 1. The van der Waals surface area contributed by atoms with E-state index in [-0.39, 0.29) is 17.9 Å². The Hall–Kier alpha value is -2.08. The minimum absolute atomic E-state index is 0.0984. The first kappa shape index (κ1) is 15.8. The molecule has 1 amide bonds. The maximum absolute atomic E-state index is 12.3. The summed E-state index contributed by atoms with van der Waals surface area (Å²) in [5.41, 5.74) is -0.100. The number of rotatable bonds is 3. The molecule has 124 valence electrons. The molecule has 1 atom stereocenters. The van der Waals surface area contributed by atoms with Crippen LogP contribution in [0.5, 0.6) is 5.75 Å². The third-order valence-electron chi connectivity index (χ3n) is 4.56. The summed E-state index contributed by atoms with van der Waals surface area (Å²) >= 11 is 0. The molecule has 0 radical (unpaired) electrons. The molecule has 23 heavy (non-hydrogen) atoms. The standard InChI is InChI=1S/C17H22N2O4/c1-3-22-16(21)12(2)19-10-8-17(9-11-19)18-15(20)13-6-4-5-7-14(13)23-17/h4-7,12H,3,8-11H2,1-2H3,(H,18,20)/t12-/m1/s1. The number of ether oxygens (including phenoxy) is 2. The molecule has 0 aliphatic carbocycles. The van der Waals surface area contributed by atoms with E-state index in [1.807, 2.05) is 25.1 Å². The van der Waals surface area contributed by atoms with Gasteiger partial charge in [-0.15, -0.1) is 0 Å². The average molecular weight is 318 g/mol. The molecule has 1 fully saturated rings. The predicted octanol–water partition coefficient (Wildman–Crippen LogP) is 1.55. The lowest BCUT2D eigenvalue weighted by molar-refractivity contribution is -0.150. The molecule has 2 aliphatic heterocycles. The second-order valence-electron chi connectivity index (χ2n) is 6.01. The van der Waals surface area contributed by atoms with Crippen molar-refractivity contribution in [1.29, 1.82) is 0 Å². The van der Waals surface area contributed by atoms with Gasteiger partial charge in [0.15, 0.2) is 5.72 Å². The van der Waals surface area contributed by atoms with Crippen LogP contribution in [0.2, 0.25) is 0 Å². The van der Waals surface area contributed by atoms with Crippen molar-refractivity contribution in [2.45, 2.75) is 38.5 Å². The van der Waals surface area contributed by atoms with Crippen LogP contribution < -0.4 is 10.1 Å². The van der Waals surface area contributed by atoms with Gasteiger partial charge in [-0.2, -0.15) is 0 Å². The number of fused-ring (bicyclic) bond motifs is 1. The van der Waals surface area contributed by atoms with Crippen LogP contribution in [-0.2, 0) is 9.53 Å². The first-order chi connectivity index (χ1) is 11.0. The van der Waals surface area contributed by atoms with Gasteiger partial charge < -0.3 is 14.8 Å². The summed E-state index contributed by atoms with van der Waals surface area (Å²) in [7, 11) is 0. The average Bonchev–Trinajstić information content (AvgIpc) is 2.55. The molecule has 1 spiro atoms. The molecule has 6 nitrogen and oxygen atoms in total. The van der Waals surface area contributed by atoms with Crippen molar-refractivity contribution in [3.8, 4) is 5.75 Å². The first-order valence-corrected chi connectivity index (χ1v) is 8.06. The van der Waals surface area contributed by atoms with E-state index in [4.69, 9.17) is 9.47 Å². The highest BCUT2D eigenvalue weighted by molar-refractivity contribution is 5.98. The van der Waals surface area contributed by atoms with Crippen molar-refractivity contribution in [2.24, 2.45) is 0 Å². The van der Waals surface area contributed by atoms with Gasteiger partial charge in [-0.05, 0) is 26.0 Å². The number of para-hydroxylation sites is 1. The number of carbonyl (C=O) groups excluding carboxylic acids is 2. The number of likely N-dealkylation sites (tertiary alicyclic amines) is 1. The van der Waals surface area contributed by atoms with Crippen molar-refractivity contribution in [1.82, 2.24) is 10.2 Å². The first-order valence-electron chi connectivity index (χ1n) is 8.06. The van der Waals surface area contributed by atoms with Gasteiger partial charge in [-0.1, -0.05) is 12.1 Å². The number of carbonyl (C=O) groups is 2. The molecule has 0 aromatic heterocycles. The molecule has 1 aromatic rings. The van der Waals surface area contributed by atoms with Gasteiger partial charge >= 0.3 is 5.97 Å². The van der Waals surface area contributed by atoms with Gasteiger partial charge in [0.05, 0.1) is 12.2 Å². The van der Waals surface area contributed by atoms with Crippen LogP contribution in [0.1, 0.15) is 37.0 Å². The number of hydrogen-bond donors (Lipinski definition) is 1. The quantitative estimate of drug-likeness (QED) is 0.857. The molecular formula is C17H22N2O4. The summed E-state index contributed by atoms with van der Waals surface area (Å²) < 4.78 is 11.2. The minimum atomic E-state index is -0.670. The number of nitrogens with one attached hydrogen (secondary N) is 1. The number of hydrogen-bond acceptors (Lipinski definition) is 5. The second-order valence-corrected chi connectivity index (χ2v) is 6.01. The summed E-state index contributed by atoms with van der Waals surface area (Å²) in [5, 5.41) is 3.00. The Balaban J connectivity index is 1.67. The van der Waals surface area contributed by atoms with Crippen LogP contribution in [0.25, 0.3) is 0 Å². The van der Waals surface area contributed by atoms with Crippen molar-refractivity contribution in [3.05, 3.63) is 29.8 Å². The van der Waals surface area contributed by atoms with Crippen LogP contribution in [0.3, 0.4) is 0 Å². The molecular weight excluding hydrogens is 296 g/mol. The molecule has 6 heteroatoms. The van der Waals surface area contributed by atoms with Gasteiger partial charge in [0.25, 0.3) is 5.91 Å². The minimum Gasteiger partial charge on any atom is -0.467 e. The monoisotopic (exact) mass is 318 g/mol. The summed E-state index contributed by atoms with van der Waals surface area (Å²) in [4.78, 5) is 26.2. The largest absolute Gasteiger partial charge is 0.467 e. The fourth-order valence-corrected chi connectivity index (χ4v) is 3.16. The number of benzene rings is 1. The molecule has 0 bridgehead atoms. The van der Waals surface area contributed by atoms with E-state index in [1.165, 1.54) is 0 Å². The van der Waals surface area contributed by atoms with E-state index in [1.54, 1.807) is 13.0 Å². The zero-order chi connectivity index (χ0) is 16.4. The summed E-state index contributed by atoms with van der Waals surface area (Å²) in [6.45, 7) is 5.38. The molecule has 3 rings (SSSR count). The maximum Gasteiger partial charge on any atom is 0.323 e. The van der Waals surface area contributed by atoms with Crippen molar-refractivity contribution >= 4 is 11.9 Å². The molecule has 1 aromatic carbocycles. The molecule has 0 saturated carbocycles. The number of nitrogens with zero attached hydrogens (tertiary/aromatic N) is 1. The van der Waals surface area contributed by atoms with E-state index < -0.39 is 5.72 Å². The predicted molar refractivity (Wildman–Crippen MR) is 84.2 cm³/mol. The Morgan fingerprint density at radius 1 is 1.39 bits per heavy atom. The fourth-order valence-electron chi connectivity index (χ4n) is 3.16. The zero-order valence-electron chi connectivity index (χ0n) is 13.5. The van der Waals surface area contributed by atoms with Crippen LogP contribution in [0.4, 0.5) is 0 Å². The number of amides is 1. The Morgan fingerprint density at radius 3 is 2.78 bits per heavy atom. The highest BCUT2D eigenvalue weighted by Crippen LogP contribution is 2.33. The van der Waals surface area contributed by atoms with E-state index in [0.717, 1.165) is 0 Å². The van der Waals surface area contributed by atoms with Gasteiger partial charge in [-0.25, -0.2) is 0 Å². The normalized spacial score (nSPS) is 21.0.